The number of rotatable bonds is 4. The first-order chi connectivity index (χ1) is 8.03. The van der Waals surface area contributed by atoms with Gasteiger partial charge in [-0.05, 0) is 63.0 Å². The molecule has 0 N–H and O–H groups in total. The summed E-state index contributed by atoms with van der Waals surface area (Å²) in [6.45, 7) is 1.00. The van der Waals surface area contributed by atoms with Crippen molar-refractivity contribution in [3.05, 3.63) is 34.6 Å². The predicted molar refractivity (Wildman–Crippen MR) is 70.1 cm³/mol. The minimum Gasteiger partial charge on any atom is -0.309 e. The van der Waals surface area contributed by atoms with Gasteiger partial charge in [0.2, 0.25) is 0 Å². The fourth-order valence-corrected chi connectivity index (χ4v) is 2.77. The van der Waals surface area contributed by atoms with Crippen LogP contribution in [0.1, 0.15) is 31.2 Å². The minimum absolute atomic E-state index is 0.0545. The third-order valence-corrected chi connectivity index (χ3v) is 4.09. The zero-order valence-electron chi connectivity index (χ0n) is 10.5. The lowest BCUT2D eigenvalue weighted by Crippen LogP contribution is -2.38. The SMILES string of the molecule is CN(C)CCC1(c2ccc(Cl)cc2F)CCC1. The summed E-state index contributed by atoms with van der Waals surface area (Å²) >= 11 is 5.81. The lowest BCUT2D eigenvalue weighted by molar-refractivity contribution is 0.195. The Morgan fingerprint density at radius 1 is 1.35 bits per heavy atom. The van der Waals surface area contributed by atoms with Gasteiger partial charge in [0, 0.05) is 5.02 Å². The summed E-state index contributed by atoms with van der Waals surface area (Å²) in [7, 11) is 4.12. The summed E-state index contributed by atoms with van der Waals surface area (Å²) < 4.78 is 14.0. The molecule has 94 valence electrons. The fourth-order valence-electron chi connectivity index (χ4n) is 2.61. The molecule has 1 aromatic rings. The molecule has 1 nitrogen and oxygen atoms in total. The molecular formula is C14H19ClFN. The summed E-state index contributed by atoms with van der Waals surface area (Å²) in [4.78, 5) is 2.16. The van der Waals surface area contributed by atoms with Crippen LogP contribution in [0.15, 0.2) is 18.2 Å². The lowest BCUT2D eigenvalue weighted by atomic mass is 9.62. The number of halogens is 2. The van der Waals surface area contributed by atoms with E-state index in [0.717, 1.165) is 31.4 Å². The molecule has 0 spiro atoms. The number of hydrogen-bond donors (Lipinski definition) is 0. The average molecular weight is 256 g/mol. The van der Waals surface area contributed by atoms with Crippen molar-refractivity contribution in [3.8, 4) is 0 Å². The molecule has 0 unspecified atom stereocenters. The van der Waals surface area contributed by atoms with Crippen LogP contribution in [-0.4, -0.2) is 25.5 Å². The van der Waals surface area contributed by atoms with Crippen molar-refractivity contribution in [2.24, 2.45) is 0 Å². The van der Waals surface area contributed by atoms with Crippen LogP contribution >= 0.6 is 11.6 Å². The molecule has 2 rings (SSSR count). The van der Waals surface area contributed by atoms with Crippen molar-refractivity contribution in [3.63, 3.8) is 0 Å². The normalized spacial score (nSPS) is 18.2. The van der Waals surface area contributed by atoms with Crippen LogP contribution < -0.4 is 0 Å². The van der Waals surface area contributed by atoms with Gasteiger partial charge >= 0.3 is 0 Å². The molecule has 0 aromatic heterocycles. The van der Waals surface area contributed by atoms with Gasteiger partial charge in [0.25, 0.3) is 0 Å². The van der Waals surface area contributed by atoms with Gasteiger partial charge in [-0.15, -0.1) is 0 Å². The standard InChI is InChI=1S/C14H19ClFN/c1-17(2)9-8-14(6-3-7-14)12-5-4-11(15)10-13(12)16/h4-5,10H,3,6-9H2,1-2H3. The second-order valence-corrected chi connectivity index (χ2v) is 5.75. The van der Waals surface area contributed by atoms with E-state index in [1.54, 1.807) is 6.07 Å². The Morgan fingerprint density at radius 2 is 2.06 bits per heavy atom. The Hall–Kier alpha value is -0.600. The zero-order chi connectivity index (χ0) is 12.5. The second kappa shape index (κ2) is 4.95. The molecule has 0 radical (unpaired) electrons. The Balaban J connectivity index is 2.22. The number of nitrogens with zero attached hydrogens (tertiary/aromatic N) is 1. The molecule has 17 heavy (non-hydrogen) atoms. The van der Waals surface area contributed by atoms with E-state index in [2.05, 4.69) is 19.0 Å². The molecule has 1 saturated carbocycles. The Morgan fingerprint density at radius 3 is 2.53 bits per heavy atom. The maximum absolute atomic E-state index is 14.0. The monoisotopic (exact) mass is 255 g/mol. The molecule has 0 bridgehead atoms. The van der Waals surface area contributed by atoms with Gasteiger partial charge in [-0.2, -0.15) is 0 Å². The summed E-state index contributed by atoms with van der Waals surface area (Å²) in [6, 6.07) is 5.11. The van der Waals surface area contributed by atoms with E-state index in [1.807, 2.05) is 6.07 Å². The summed E-state index contributed by atoms with van der Waals surface area (Å²) in [5.41, 5.74) is 0.911. The number of benzene rings is 1. The van der Waals surface area contributed by atoms with E-state index in [4.69, 9.17) is 11.6 Å². The number of hydrogen-bond acceptors (Lipinski definition) is 1. The van der Waals surface area contributed by atoms with Crippen LogP contribution in [0, 0.1) is 5.82 Å². The maximum atomic E-state index is 14.0. The van der Waals surface area contributed by atoms with Crippen molar-refractivity contribution in [1.82, 2.24) is 4.90 Å². The minimum atomic E-state index is -0.143. The van der Waals surface area contributed by atoms with Crippen LogP contribution in [0.4, 0.5) is 4.39 Å². The molecule has 1 aromatic carbocycles. The van der Waals surface area contributed by atoms with Gasteiger partial charge in [0.15, 0.2) is 0 Å². The van der Waals surface area contributed by atoms with Crippen LogP contribution in [0.2, 0.25) is 5.02 Å². The Kier molecular flexibility index (Phi) is 3.74. The fraction of sp³-hybridized carbons (Fsp3) is 0.571. The van der Waals surface area contributed by atoms with E-state index >= 15 is 0 Å². The molecular weight excluding hydrogens is 237 g/mol. The summed E-state index contributed by atoms with van der Waals surface area (Å²) in [5.74, 6) is -0.143. The first-order valence-corrected chi connectivity index (χ1v) is 6.52. The lowest BCUT2D eigenvalue weighted by Gasteiger charge is -2.43. The van der Waals surface area contributed by atoms with Crippen molar-refractivity contribution in [2.45, 2.75) is 31.1 Å². The summed E-state index contributed by atoms with van der Waals surface area (Å²) in [6.07, 6.45) is 4.42. The van der Waals surface area contributed by atoms with Crippen molar-refractivity contribution in [1.29, 1.82) is 0 Å². The second-order valence-electron chi connectivity index (χ2n) is 5.31. The van der Waals surface area contributed by atoms with Crippen molar-refractivity contribution < 1.29 is 4.39 Å². The Labute approximate surface area is 108 Å². The van der Waals surface area contributed by atoms with Gasteiger partial charge in [0.05, 0.1) is 0 Å². The first-order valence-electron chi connectivity index (χ1n) is 6.14. The topological polar surface area (TPSA) is 3.24 Å². The first kappa shape index (κ1) is 12.8. The van der Waals surface area contributed by atoms with Gasteiger partial charge in [0.1, 0.15) is 5.82 Å². The maximum Gasteiger partial charge on any atom is 0.128 e. The quantitative estimate of drug-likeness (QED) is 0.790. The van der Waals surface area contributed by atoms with E-state index in [0.29, 0.717) is 5.02 Å². The molecule has 0 heterocycles. The molecule has 1 aliphatic rings. The van der Waals surface area contributed by atoms with Crippen LogP contribution in [-0.2, 0) is 5.41 Å². The molecule has 0 atom stereocenters. The van der Waals surface area contributed by atoms with E-state index in [9.17, 15) is 4.39 Å². The van der Waals surface area contributed by atoms with E-state index in [-0.39, 0.29) is 11.2 Å². The smallest absolute Gasteiger partial charge is 0.128 e. The molecule has 0 amide bonds. The van der Waals surface area contributed by atoms with Gasteiger partial charge in [-0.1, -0.05) is 24.1 Å². The van der Waals surface area contributed by atoms with Crippen LogP contribution in [0.3, 0.4) is 0 Å². The highest BCUT2D eigenvalue weighted by Gasteiger charge is 2.40. The van der Waals surface area contributed by atoms with Crippen molar-refractivity contribution >= 4 is 11.6 Å². The highest BCUT2D eigenvalue weighted by atomic mass is 35.5. The van der Waals surface area contributed by atoms with Crippen LogP contribution in [0.25, 0.3) is 0 Å². The Bertz CT molecular complexity index is 399. The van der Waals surface area contributed by atoms with E-state index < -0.39 is 0 Å². The molecule has 1 fully saturated rings. The average Bonchev–Trinajstić information content (AvgIpc) is 2.18. The molecule has 1 aliphatic carbocycles. The molecule has 0 saturated heterocycles. The zero-order valence-corrected chi connectivity index (χ0v) is 11.2. The molecule has 0 aliphatic heterocycles. The summed E-state index contributed by atoms with van der Waals surface area (Å²) in [5, 5.41) is 0.480. The molecule has 3 heteroatoms. The third kappa shape index (κ3) is 2.63. The highest BCUT2D eigenvalue weighted by molar-refractivity contribution is 6.30. The van der Waals surface area contributed by atoms with Gasteiger partial charge < -0.3 is 4.90 Å². The van der Waals surface area contributed by atoms with E-state index in [1.165, 1.54) is 12.5 Å². The van der Waals surface area contributed by atoms with Gasteiger partial charge in [-0.3, -0.25) is 0 Å². The highest BCUT2D eigenvalue weighted by Crippen LogP contribution is 2.47. The largest absolute Gasteiger partial charge is 0.309 e. The predicted octanol–water partition coefficient (Wildman–Crippen LogP) is 3.85. The third-order valence-electron chi connectivity index (χ3n) is 3.85. The van der Waals surface area contributed by atoms with Gasteiger partial charge in [-0.25, -0.2) is 4.39 Å². The van der Waals surface area contributed by atoms with Crippen LogP contribution in [0.5, 0.6) is 0 Å². The van der Waals surface area contributed by atoms with Crippen molar-refractivity contribution in [2.75, 3.05) is 20.6 Å².